The van der Waals surface area contributed by atoms with E-state index in [0.717, 1.165) is 4.60 Å². The number of allylic oxidation sites excluding steroid dienone is 1. The van der Waals surface area contributed by atoms with Gasteiger partial charge in [-0.3, -0.25) is 4.79 Å². The summed E-state index contributed by atoms with van der Waals surface area (Å²) in [5.41, 5.74) is 8.17. The van der Waals surface area contributed by atoms with E-state index in [-0.39, 0.29) is 18.2 Å². The topological polar surface area (TPSA) is 116 Å². The number of esters is 1. The first-order chi connectivity index (χ1) is 11.6. The molecule has 0 amide bonds. The molecule has 0 saturated heterocycles. The molecule has 0 aliphatic carbocycles. The summed E-state index contributed by atoms with van der Waals surface area (Å²) in [6, 6.07) is 3.94. The number of rotatable bonds is 4. The van der Waals surface area contributed by atoms with Crippen molar-refractivity contribution in [3.05, 3.63) is 41.2 Å². The lowest BCUT2D eigenvalue weighted by atomic mass is 10.2. The van der Waals surface area contributed by atoms with E-state index in [0.29, 0.717) is 6.42 Å². The molecule has 0 radical (unpaired) electrons. The molecule has 0 aromatic carbocycles. The van der Waals surface area contributed by atoms with Gasteiger partial charge in [0.1, 0.15) is 16.0 Å². The number of aromatic nitrogens is 1. The number of amidine groups is 1. The lowest BCUT2D eigenvalue weighted by Crippen LogP contribution is -2.26. The summed E-state index contributed by atoms with van der Waals surface area (Å²) in [6.45, 7) is 12.7. The zero-order valence-corrected chi connectivity index (χ0v) is 17.3. The number of aryl methyl sites for hydroxylation is 1. The normalized spacial score (nSPS) is 10.4. The highest BCUT2D eigenvalue weighted by molar-refractivity contribution is 9.10. The molecule has 0 atom stereocenters. The molecule has 25 heavy (non-hydrogen) atoms. The van der Waals surface area contributed by atoms with Crippen LogP contribution in [-0.2, 0) is 9.53 Å². The first-order valence-electron chi connectivity index (χ1n) is 7.70. The first-order valence-corrected chi connectivity index (χ1v) is 8.49. The van der Waals surface area contributed by atoms with Crippen LogP contribution in [0.5, 0.6) is 0 Å². The van der Waals surface area contributed by atoms with Crippen molar-refractivity contribution < 1.29 is 9.53 Å². The van der Waals surface area contributed by atoms with E-state index in [1.807, 2.05) is 52.9 Å². The Morgan fingerprint density at radius 2 is 2.00 bits per heavy atom. The van der Waals surface area contributed by atoms with Crippen LogP contribution in [0, 0.1) is 6.92 Å². The van der Waals surface area contributed by atoms with Crippen molar-refractivity contribution in [2.45, 2.75) is 53.1 Å². The summed E-state index contributed by atoms with van der Waals surface area (Å²) >= 11 is 3.23. The van der Waals surface area contributed by atoms with Crippen LogP contribution in [0.25, 0.3) is 0 Å². The van der Waals surface area contributed by atoms with Gasteiger partial charge in [-0.2, -0.15) is 5.10 Å². The van der Waals surface area contributed by atoms with Gasteiger partial charge in [0.2, 0.25) is 0 Å². The Kier molecular flexibility index (Phi) is 14.6. The third-order valence-corrected chi connectivity index (χ3v) is 2.56. The van der Waals surface area contributed by atoms with E-state index >= 15 is 0 Å². The zero-order chi connectivity index (χ0) is 19.9. The molecule has 0 unspecified atom stereocenters. The molecule has 142 valence electrons. The summed E-state index contributed by atoms with van der Waals surface area (Å²) in [4.78, 5) is 15.2. The molecule has 7 nitrogen and oxygen atoms in total. The number of hydrogen-bond acceptors (Lipinski definition) is 6. The van der Waals surface area contributed by atoms with Crippen LogP contribution in [0.1, 0.15) is 46.1 Å². The van der Waals surface area contributed by atoms with Crippen LogP contribution in [0.3, 0.4) is 0 Å². The monoisotopic (exact) mass is 415 g/mol. The Hall–Kier alpha value is -1.93. The Morgan fingerprint density at radius 3 is 2.36 bits per heavy atom. The third kappa shape index (κ3) is 20.0. The largest absolute Gasteiger partial charge is 0.460 e. The van der Waals surface area contributed by atoms with E-state index in [1.165, 1.54) is 5.56 Å². The van der Waals surface area contributed by atoms with Gasteiger partial charge in [-0.05, 0) is 62.2 Å². The highest BCUT2D eigenvalue weighted by Gasteiger charge is 2.15. The number of nitrogens with one attached hydrogen (secondary N) is 1. The summed E-state index contributed by atoms with van der Waals surface area (Å²) < 4.78 is 5.96. The number of carbonyl (C=O) groups is 1. The number of hydrogen-bond donors (Lipinski definition) is 3. The van der Waals surface area contributed by atoms with E-state index in [9.17, 15) is 4.79 Å². The Bertz CT molecular complexity index is 504. The van der Waals surface area contributed by atoms with Crippen LogP contribution in [-0.4, -0.2) is 22.4 Å². The SMILES string of the molecule is C=CC.CC(C)(C)OC(=O)CC/C(N)=N/NN.Cc1ccc(Br)nc1. The number of carbonyl (C=O) groups excluding carboxylic acids is 1. The van der Waals surface area contributed by atoms with Crippen molar-refractivity contribution >= 4 is 27.7 Å². The van der Waals surface area contributed by atoms with Crippen LogP contribution < -0.4 is 17.1 Å². The van der Waals surface area contributed by atoms with Gasteiger partial charge >= 0.3 is 5.97 Å². The maximum Gasteiger partial charge on any atom is 0.306 e. The molecular weight excluding hydrogens is 386 g/mol. The molecule has 0 fully saturated rings. The molecular formula is C17H30BrN5O2. The number of halogens is 1. The van der Waals surface area contributed by atoms with E-state index < -0.39 is 5.60 Å². The fraction of sp³-hybridized carbons (Fsp3) is 0.471. The molecule has 0 saturated carbocycles. The number of nitrogens with two attached hydrogens (primary N) is 2. The molecule has 0 spiro atoms. The number of hydrazine groups is 1. The minimum atomic E-state index is -0.463. The average Bonchev–Trinajstić information content (AvgIpc) is 2.48. The molecule has 1 aromatic rings. The predicted molar refractivity (Wildman–Crippen MR) is 107 cm³/mol. The van der Waals surface area contributed by atoms with Gasteiger partial charge < -0.3 is 10.5 Å². The quantitative estimate of drug-likeness (QED) is 0.132. The molecule has 1 aromatic heterocycles. The fourth-order valence-corrected chi connectivity index (χ4v) is 1.45. The Balaban J connectivity index is 0. The second kappa shape index (κ2) is 14.4. The average molecular weight is 416 g/mol. The Morgan fingerprint density at radius 1 is 1.44 bits per heavy atom. The summed E-state index contributed by atoms with van der Waals surface area (Å²) in [6.07, 6.45) is 4.11. The van der Waals surface area contributed by atoms with Gasteiger partial charge in [-0.1, -0.05) is 12.1 Å². The second-order valence-corrected chi connectivity index (χ2v) is 6.70. The predicted octanol–water partition coefficient (Wildman–Crippen LogP) is 3.19. The number of nitrogens with zero attached hydrogens (tertiary/aromatic N) is 2. The van der Waals surface area contributed by atoms with Crippen LogP contribution >= 0.6 is 15.9 Å². The molecule has 8 heteroatoms. The van der Waals surface area contributed by atoms with Gasteiger partial charge in [0, 0.05) is 12.6 Å². The third-order valence-electron chi connectivity index (χ3n) is 2.09. The minimum Gasteiger partial charge on any atom is -0.460 e. The maximum absolute atomic E-state index is 11.2. The van der Waals surface area contributed by atoms with Crippen molar-refractivity contribution in [3.8, 4) is 0 Å². The maximum atomic E-state index is 11.2. The molecule has 0 aliphatic heterocycles. The molecule has 1 heterocycles. The molecule has 0 bridgehead atoms. The van der Waals surface area contributed by atoms with Crippen molar-refractivity contribution in [2.75, 3.05) is 0 Å². The van der Waals surface area contributed by atoms with Crippen LogP contribution in [0.2, 0.25) is 0 Å². The Labute approximate surface area is 159 Å². The van der Waals surface area contributed by atoms with Gasteiger partial charge in [0.25, 0.3) is 0 Å². The van der Waals surface area contributed by atoms with Gasteiger partial charge in [0.05, 0.1) is 6.42 Å². The van der Waals surface area contributed by atoms with Crippen molar-refractivity contribution in [3.63, 3.8) is 0 Å². The lowest BCUT2D eigenvalue weighted by molar-refractivity contribution is -0.154. The standard InChI is InChI=1S/C8H18N4O2.C6H6BrN.C3H6/c1-8(2,3)14-7(13)5-4-6(9)11-12-10;1-5-2-3-6(7)8-4-5;1-3-2/h12H,4-5,10H2,1-3H3,(H2,9,11);2-4H,1H3;3H,1H2,2H3. The number of ether oxygens (including phenoxy) is 1. The number of hydrazone groups is 1. The van der Waals surface area contributed by atoms with Crippen molar-refractivity contribution in [2.24, 2.45) is 16.7 Å². The summed E-state index contributed by atoms with van der Waals surface area (Å²) in [5, 5.41) is 3.51. The highest BCUT2D eigenvalue weighted by atomic mass is 79.9. The van der Waals surface area contributed by atoms with Gasteiger partial charge in [-0.15, -0.1) is 6.58 Å². The first kappa shape index (κ1) is 25.3. The van der Waals surface area contributed by atoms with Crippen LogP contribution in [0.4, 0.5) is 0 Å². The number of pyridine rings is 1. The highest BCUT2D eigenvalue weighted by Crippen LogP contribution is 2.08. The van der Waals surface area contributed by atoms with Crippen molar-refractivity contribution in [1.82, 2.24) is 10.5 Å². The smallest absolute Gasteiger partial charge is 0.306 e. The van der Waals surface area contributed by atoms with E-state index in [4.69, 9.17) is 16.3 Å². The van der Waals surface area contributed by atoms with Crippen LogP contribution in [0.15, 0.2) is 40.7 Å². The molecule has 5 N–H and O–H groups in total. The fourth-order valence-electron chi connectivity index (χ4n) is 1.21. The van der Waals surface area contributed by atoms with E-state index in [1.54, 1.807) is 6.08 Å². The molecule has 0 aliphatic rings. The van der Waals surface area contributed by atoms with Gasteiger partial charge in [0.15, 0.2) is 0 Å². The minimum absolute atomic E-state index is 0.203. The molecule has 1 rings (SSSR count). The summed E-state index contributed by atoms with van der Waals surface area (Å²) in [7, 11) is 0. The van der Waals surface area contributed by atoms with Crippen molar-refractivity contribution in [1.29, 1.82) is 0 Å². The zero-order valence-electron chi connectivity index (χ0n) is 15.7. The lowest BCUT2D eigenvalue weighted by Gasteiger charge is -2.19. The van der Waals surface area contributed by atoms with Gasteiger partial charge in [-0.25, -0.2) is 16.4 Å². The summed E-state index contributed by atoms with van der Waals surface area (Å²) in [5.74, 6) is 4.88. The second-order valence-electron chi connectivity index (χ2n) is 5.89. The van der Waals surface area contributed by atoms with E-state index in [2.05, 4.69) is 38.1 Å².